The Balaban J connectivity index is 2.28. The van der Waals surface area contributed by atoms with Crippen molar-refractivity contribution in [3.8, 4) is 5.75 Å². The van der Waals surface area contributed by atoms with Crippen molar-refractivity contribution in [3.05, 3.63) is 17.7 Å². The fraction of sp³-hybridized carbons (Fsp3) is 0.533. The van der Waals surface area contributed by atoms with Gasteiger partial charge >= 0.3 is 0 Å². The summed E-state index contributed by atoms with van der Waals surface area (Å²) in [7, 11) is -2.10. The molecular formula is C15H23N3O4S. The molecule has 0 aromatic heterocycles. The highest BCUT2D eigenvalue weighted by Crippen LogP contribution is 2.29. The fourth-order valence-corrected chi connectivity index (χ4v) is 3.62. The van der Waals surface area contributed by atoms with Crippen LogP contribution in [0, 0.1) is 0 Å². The number of methoxy groups -OCH3 is 1. The molecule has 0 bridgehead atoms. The van der Waals surface area contributed by atoms with Crippen LogP contribution >= 0.6 is 0 Å². The van der Waals surface area contributed by atoms with Crippen LogP contribution in [0.3, 0.4) is 0 Å². The molecule has 1 aliphatic heterocycles. The van der Waals surface area contributed by atoms with E-state index in [4.69, 9.17) is 10.5 Å². The summed E-state index contributed by atoms with van der Waals surface area (Å²) < 4.78 is 29.4. The summed E-state index contributed by atoms with van der Waals surface area (Å²) in [6, 6.07) is 2.92. The largest absolute Gasteiger partial charge is 0.496 e. The van der Waals surface area contributed by atoms with Crippen molar-refractivity contribution in [2.45, 2.75) is 30.7 Å². The van der Waals surface area contributed by atoms with Gasteiger partial charge in [0.1, 0.15) is 5.75 Å². The van der Waals surface area contributed by atoms with Crippen molar-refractivity contribution in [1.29, 1.82) is 0 Å². The lowest BCUT2D eigenvalue weighted by Crippen LogP contribution is -2.37. The summed E-state index contributed by atoms with van der Waals surface area (Å²) in [5, 5.41) is 6.10. The quantitative estimate of drug-likeness (QED) is 0.652. The van der Waals surface area contributed by atoms with Gasteiger partial charge in [0, 0.05) is 18.7 Å². The van der Waals surface area contributed by atoms with Gasteiger partial charge < -0.3 is 21.1 Å². The van der Waals surface area contributed by atoms with Crippen LogP contribution in [-0.2, 0) is 9.84 Å². The zero-order chi connectivity index (χ0) is 17.0. The Hall–Kier alpha value is -1.80. The smallest absolute Gasteiger partial charge is 0.255 e. The van der Waals surface area contributed by atoms with Crippen LogP contribution < -0.4 is 21.1 Å². The molecule has 1 fully saturated rings. The fourth-order valence-electron chi connectivity index (χ4n) is 2.59. The summed E-state index contributed by atoms with van der Waals surface area (Å²) in [6.45, 7) is 2.97. The van der Waals surface area contributed by atoms with E-state index in [9.17, 15) is 13.2 Å². The second kappa shape index (κ2) is 7.18. The van der Waals surface area contributed by atoms with E-state index in [1.54, 1.807) is 0 Å². The first-order valence-corrected chi connectivity index (χ1v) is 9.26. The molecule has 1 aliphatic rings. The van der Waals surface area contributed by atoms with Crippen LogP contribution in [-0.4, -0.2) is 46.3 Å². The Bertz CT molecular complexity index is 682. The molecule has 1 aromatic carbocycles. The first kappa shape index (κ1) is 17.6. The molecule has 0 spiro atoms. The zero-order valence-corrected chi connectivity index (χ0v) is 14.2. The minimum atomic E-state index is -3.51. The summed E-state index contributed by atoms with van der Waals surface area (Å²) in [5.74, 6) is -0.200. The van der Waals surface area contributed by atoms with Crippen LogP contribution in [0.4, 0.5) is 5.69 Å². The molecule has 0 aliphatic carbocycles. The van der Waals surface area contributed by atoms with Gasteiger partial charge in [-0.15, -0.1) is 0 Å². The molecular weight excluding hydrogens is 318 g/mol. The van der Waals surface area contributed by atoms with Gasteiger partial charge in [-0.05, 0) is 25.5 Å². The lowest BCUT2D eigenvalue weighted by Gasteiger charge is -2.15. The van der Waals surface area contributed by atoms with Crippen molar-refractivity contribution in [2.24, 2.45) is 0 Å². The third-order valence-corrected chi connectivity index (χ3v) is 5.75. The molecule has 1 atom stereocenters. The molecule has 1 aromatic rings. The molecule has 0 saturated carbocycles. The number of rotatable bonds is 6. The predicted molar refractivity (Wildman–Crippen MR) is 88.5 cm³/mol. The molecule has 1 heterocycles. The van der Waals surface area contributed by atoms with Gasteiger partial charge in [0.2, 0.25) is 0 Å². The zero-order valence-electron chi connectivity index (χ0n) is 13.4. The standard InChI is InChI=1S/C15H23N3O4S/c1-3-23(20,21)14-7-11(13(22-2)8-12(14)16)15(19)18-9-10-5-4-6-17-10/h7-8,10,17H,3-6,9,16H2,1-2H3,(H,18,19). The maximum absolute atomic E-state index is 12.4. The summed E-state index contributed by atoms with van der Waals surface area (Å²) >= 11 is 0. The highest BCUT2D eigenvalue weighted by Gasteiger charge is 2.23. The summed E-state index contributed by atoms with van der Waals surface area (Å²) in [5.41, 5.74) is 6.05. The first-order chi connectivity index (χ1) is 10.9. The van der Waals surface area contributed by atoms with E-state index in [-0.39, 0.29) is 39.6 Å². The maximum atomic E-state index is 12.4. The number of anilines is 1. The number of benzene rings is 1. The van der Waals surface area contributed by atoms with Crippen molar-refractivity contribution < 1.29 is 17.9 Å². The Morgan fingerprint density at radius 1 is 1.48 bits per heavy atom. The number of hydrogen-bond donors (Lipinski definition) is 3. The Labute approximate surface area is 136 Å². The molecule has 0 radical (unpaired) electrons. The number of amides is 1. The summed E-state index contributed by atoms with van der Waals surface area (Å²) in [6.07, 6.45) is 2.10. The lowest BCUT2D eigenvalue weighted by atomic mass is 10.1. The minimum Gasteiger partial charge on any atom is -0.496 e. The highest BCUT2D eigenvalue weighted by atomic mass is 32.2. The van der Waals surface area contributed by atoms with Gasteiger partial charge in [-0.25, -0.2) is 8.42 Å². The van der Waals surface area contributed by atoms with Gasteiger partial charge in [0.15, 0.2) is 9.84 Å². The molecule has 1 unspecified atom stereocenters. The lowest BCUT2D eigenvalue weighted by molar-refractivity contribution is 0.0947. The Kier molecular flexibility index (Phi) is 5.48. The van der Waals surface area contributed by atoms with Crippen LogP contribution in [0.1, 0.15) is 30.1 Å². The van der Waals surface area contributed by atoms with E-state index in [1.807, 2.05) is 0 Å². The minimum absolute atomic E-state index is 0.0371. The van der Waals surface area contributed by atoms with Crippen LogP contribution in [0.15, 0.2) is 17.0 Å². The highest BCUT2D eigenvalue weighted by molar-refractivity contribution is 7.91. The topological polar surface area (TPSA) is 111 Å². The van der Waals surface area contributed by atoms with Gasteiger partial charge in [0.25, 0.3) is 5.91 Å². The molecule has 4 N–H and O–H groups in total. The molecule has 128 valence electrons. The van der Waals surface area contributed by atoms with Crippen LogP contribution in [0.25, 0.3) is 0 Å². The third-order valence-electron chi connectivity index (χ3n) is 3.96. The van der Waals surface area contributed by atoms with E-state index in [0.717, 1.165) is 19.4 Å². The van der Waals surface area contributed by atoms with Crippen molar-refractivity contribution in [2.75, 3.05) is 31.7 Å². The number of nitrogens with one attached hydrogen (secondary N) is 2. The second-order valence-corrected chi connectivity index (χ2v) is 7.74. The van der Waals surface area contributed by atoms with E-state index in [1.165, 1.54) is 26.2 Å². The van der Waals surface area contributed by atoms with E-state index in [0.29, 0.717) is 6.54 Å². The maximum Gasteiger partial charge on any atom is 0.255 e. The van der Waals surface area contributed by atoms with Gasteiger partial charge in [-0.3, -0.25) is 4.79 Å². The first-order valence-electron chi connectivity index (χ1n) is 7.61. The predicted octanol–water partition coefficient (Wildman–Crippen LogP) is 0.553. The average Bonchev–Trinajstić information content (AvgIpc) is 3.05. The Morgan fingerprint density at radius 2 is 2.22 bits per heavy atom. The monoisotopic (exact) mass is 341 g/mol. The number of nitrogens with two attached hydrogens (primary N) is 1. The van der Waals surface area contributed by atoms with E-state index < -0.39 is 9.84 Å². The number of carbonyl (C=O) groups excluding carboxylic acids is 1. The number of carbonyl (C=O) groups is 1. The number of ether oxygens (including phenoxy) is 1. The molecule has 1 amide bonds. The van der Waals surface area contributed by atoms with Crippen molar-refractivity contribution in [3.63, 3.8) is 0 Å². The number of nitrogen functional groups attached to an aromatic ring is 1. The van der Waals surface area contributed by atoms with E-state index in [2.05, 4.69) is 10.6 Å². The molecule has 8 heteroatoms. The van der Waals surface area contributed by atoms with Crippen LogP contribution in [0.5, 0.6) is 5.75 Å². The van der Waals surface area contributed by atoms with E-state index >= 15 is 0 Å². The van der Waals surface area contributed by atoms with Crippen molar-refractivity contribution in [1.82, 2.24) is 10.6 Å². The molecule has 23 heavy (non-hydrogen) atoms. The Morgan fingerprint density at radius 3 is 2.78 bits per heavy atom. The normalized spacial score (nSPS) is 17.9. The average molecular weight is 341 g/mol. The van der Waals surface area contributed by atoms with Crippen molar-refractivity contribution >= 4 is 21.4 Å². The summed E-state index contributed by atoms with van der Waals surface area (Å²) in [4.78, 5) is 12.4. The number of hydrogen-bond acceptors (Lipinski definition) is 6. The molecule has 1 saturated heterocycles. The van der Waals surface area contributed by atoms with Gasteiger partial charge in [0.05, 0.1) is 29.0 Å². The second-order valence-electron chi connectivity index (χ2n) is 5.50. The van der Waals surface area contributed by atoms with Crippen LogP contribution in [0.2, 0.25) is 0 Å². The SMILES string of the molecule is CCS(=O)(=O)c1cc(C(=O)NCC2CCCN2)c(OC)cc1N. The molecule has 2 rings (SSSR count). The molecule has 7 nitrogen and oxygen atoms in total. The third kappa shape index (κ3) is 3.94. The van der Waals surface area contributed by atoms with Gasteiger partial charge in [-0.2, -0.15) is 0 Å². The van der Waals surface area contributed by atoms with Gasteiger partial charge in [-0.1, -0.05) is 6.92 Å². The number of sulfone groups is 1.